The summed E-state index contributed by atoms with van der Waals surface area (Å²) < 4.78 is 19.9. The second-order valence-corrected chi connectivity index (χ2v) is 9.75. The number of nitrogens with one attached hydrogen (secondary N) is 1. The molecule has 4 rings (SSSR count). The number of halogens is 1. The van der Waals surface area contributed by atoms with Gasteiger partial charge in [0, 0.05) is 30.6 Å². The summed E-state index contributed by atoms with van der Waals surface area (Å²) in [5.41, 5.74) is 1.92. The van der Waals surface area contributed by atoms with E-state index in [1.165, 1.54) is 12.1 Å². The van der Waals surface area contributed by atoms with Crippen LogP contribution in [0.4, 0.5) is 4.39 Å². The molecule has 1 aliphatic heterocycles. The Bertz CT molecular complexity index is 1130. The number of rotatable bonds is 9. The molecule has 1 aliphatic carbocycles. The van der Waals surface area contributed by atoms with E-state index >= 15 is 0 Å². The van der Waals surface area contributed by atoms with Crippen LogP contribution >= 0.6 is 0 Å². The molecule has 0 aromatic heterocycles. The molecule has 7 nitrogen and oxygen atoms in total. The van der Waals surface area contributed by atoms with Gasteiger partial charge < -0.3 is 25.2 Å². The molecule has 0 saturated carbocycles. The fraction of sp³-hybridized carbons (Fsp3) is 0.429. The Morgan fingerprint density at radius 1 is 1.17 bits per heavy atom. The highest BCUT2D eigenvalue weighted by Crippen LogP contribution is 2.47. The first-order valence-corrected chi connectivity index (χ1v) is 12.4. The summed E-state index contributed by atoms with van der Waals surface area (Å²) in [5.74, 6) is -0.716. The van der Waals surface area contributed by atoms with Crippen LogP contribution in [0.25, 0.3) is 0 Å². The predicted octanol–water partition coefficient (Wildman–Crippen LogP) is 2.57. The second kappa shape index (κ2) is 11.2. The van der Waals surface area contributed by atoms with Crippen molar-refractivity contribution in [1.29, 1.82) is 0 Å². The molecule has 0 saturated heterocycles. The summed E-state index contributed by atoms with van der Waals surface area (Å²) in [6.45, 7) is 3.99. The molecule has 2 amide bonds. The summed E-state index contributed by atoms with van der Waals surface area (Å²) in [5, 5.41) is 23.4. The van der Waals surface area contributed by atoms with Gasteiger partial charge in [0.15, 0.2) is 0 Å². The van der Waals surface area contributed by atoms with E-state index in [4.69, 9.17) is 4.74 Å². The van der Waals surface area contributed by atoms with E-state index in [0.29, 0.717) is 17.7 Å². The number of fused-ring (bicyclic) bond motifs is 3. The SMILES string of the molecule is CC(C)CC(=O)N(CCc1cccc(F)c1)C1C=C(C(=O)NCCO)C2c3ccccc3OC2C1O. The Balaban J connectivity index is 1.70. The number of amides is 2. The van der Waals surface area contributed by atoms with Gasteiger partial charge in [-0.1, -0.05) is 44.2 Å². The average Bonchev–Trinajstić information content (AvgIpc) is 3.23. The van der Waals surface area contributed by atoms with Crippen LogP contribution in [0.2, 0.25) is 0 Å². The highest BCUT2D eigenvalue weighted by atomic mass is 19.1. The maximum atomic E-state index is 13.7. The largest absolute Gasteiger partial charge is 0.486 e. The van der Waals surface area contributed by atoms with Gasteiger partial charge in [-0.05, 0) is 42.2 Å². The Labute approximate surface area is 210 Å². The molecule has 4 atom stereocenters. The average molecular weight is 497 g/mol. The zero-order valence-electron chi connectivity index (χ0n) is 20.6. The molecule has 1 heterocycles. The maximum Gasteiger partial charge on any atom is 0.247 e. The predicted molar refractivity (Wildman–Crippen MR) is 133 cm³/mol. The summed E-state index contributed by atoms with van der Waals surface area (Å²) in [4.78, 5) is 28.1. The van der Waals surface area contributed by atoms with Gasteiger partial charge in [-0.15, -0.1) is 0 Å². The van der Waals surface area contributed by atoms with Gasteiger partial charge in [-0.2, -0.15) is 0 Å². The molecular formula is C28H33FN2O5. The number of carbonyl (C=O) groups excluding carboxylic acids is 2. The smallest absolute Gasteiger partial charge is 0.247 e. The first-order chi connectivity index (χ1) is 17.3. The van der Waals surface area contributed by atoms with Gasteiger partial charge in [-0.3, -0.25) is 9.59 Å². The fourth-order valence-electron chi connectivity index (χ4n) is 5.04. The van der Waals surface area contributed by atoms with Crippen LogP contribution in [-0.2, 0) is 16.0 Å². The minimum atomic E-state index is -1.08. The summed E-state index contributed by atoms with van der Waals surface area (Å²) in [6, 6.07) is 12.7. The third-order valence-corrected chi connectivity index (χ3v) is 6.67. The third-order valence-electron chi connectivity index (χ3n) is 6.67. The third kappa shape index (κ3) is 5.44. The minimum Gasteiger partial charge on any atom is -0.486 e. The number of para-hydroxylation sites is 1. The van der Waals surface area contributed by atoms with Crippen LogP contribution in [0.1, 0.15) is 37.3 Å². The highest BCUT2D eigenvalue weighted by molar-refractivity contribution is 5.96. The molecule has 3 N–H and O–H groups in total. The molecule has 0 radical (unpaired) electrons. The molecule has 8 heteroatoms. The van der Waals surface area contributed by atoms with Gasteiger partial charge >= 0.3 is 0 Å². The van der Waals surface area contributed by atoms with E-state index in [2.05, 4.69) is 5.32 Å². The first-order valence-electron chi connectivity index (χ1n) is 12.4. The van der Waals surface area contributed by atoms with Crippen LogP contribution in [0.3, 0.4) is 0 Å². The van der Waals surface area contributed by atoms with Crippen molar-refractivity contribution in [2.45, 2.75) is 50.9 Å². The van der Waals surface area contributed by atoms with Crippen molar-refractivity contribution >= 4 is 11.8 Å². The van der Waals surface area contributed by atoms with Crippen molar-refractivity contribution in [3.63, 3.8) is 0 Å². The summed E-state index contributed by atoms with van der Waals surface area (Å²) in [7, 11) is 0. The lowest BCUT2D eigenvalue weighted by Gasteiger charge is -2.41. The standard InChI is InChI=1S/C28H33FN2O5/c1-17(2)14-24(33)31(12-10-18-6-5-7-19(29)15-18)22-16-21(28(35)30-11-13-32)25-20-8-3-4-9-23(20)36-27(25)26(22)34/h3-9,15-17,22,25-27,32,34H,10-14H2,1-2H3,(H,30,35). The van der Waals surface area contributed by atoms with Crippen molar-refractivity contribution in [1.82, 2.24) is 10.2 Å². The number of aliphatic hydroxyl groups excluding tert-OH is 2. The zero-order valence-corrected chi connectivity index (χ0v) is 20.6. The lowest BCUT2D eigenvalue weighted by Crippen LogP contribution is -2.56. The van der Waals surface area contributed by atoms with E-state index in [0.717, 1.165) is 11.1 Å². The highest BCUT2D eigenvalue weighted by Gasteiger charge is 2.50. The monoisotopic (exact) mass is 496 g/mol. The molecule has 0 fully saturated rings. The van der Waals surface area contributed by atoms with E-state index < -0.39 is 24.2 Å². The van der Waals surface area contributed by atoms with Crippen LogP contribution in [0.15, 0.2) is 60.2 Å². The summed E-state index contributed by atoms with van der Waals surface area (Å²) >= 11 is 0. The van der Waals surface area contributed by atoms with Crippen molar-refractivity contribution in [2.24, 2.45) is 5.92 Å². The number of ether oxygens (including phenoxy) is 1. The normalized spacial score (nSPS) is 22.3. The number of benzene rings is 2. The fourth-order valence-corrected chi connectivity index (χ4v) is 5.04. The quantitative estimate of drug-likeness (QED) is 0.496. The van der Waals surface area contributed by atoms with Crippen LogP contribution in [0, 0.1) is 11.7 Å². The second-order valence-electron chi connectivity index (χ2n) is 9.75. The molecule has 2 aliphatic rings. The maximum absolute atomic E-state index is 13.7. The number of aliphatic hydroxyl groups is 2. The molecule has 36 heavy (non-hydrogen) atoms. The van der Waals surface area contributed by atoms with Crippen LogP contribution in [0.5, 0.6) is 5.75 Å². The van der Waals surface area contributed by atoms with Crippen molar-refractivity contribution in [3.05, 3.63) is 77.1 Å². The summed E-state index contributed by atoms with van der Waals surface area (Å²) in [6.07, 6.45) is 0.478. The van der Waals surface area contributed by atoms with Crippen LogP contribution in [-0.4, -0.2) is 64.9 Å². The number of carbonyl (C=O) groups is 2. The lowest BCUT2D eigenvalue weighted by molar-refractivity contribution is -0.137. The molecule has 0 bridgehead atoms. The van der Waals surface area contributed by atoms with E-state index in [9.17, 15) is 24.2 Å². The molecular weight excluding hydrogens is 463 g/mol. The van der Waals surface area contributed by atoms with Crippen LogP contribution < -0.4 is 10.1 Å². The Morgan fingerprint density at radius 3 is 2.67 bits per heavy atom. The van der Waals surface area contributed by atoms with E-state index in [-0.39, 0.29) is 49.7 Å². The Hall–Kier alpha value is -3.23. The van der Waals surface area contributed by atoms with Gasteiger partial charge in [-0.25, -0.2) is 4.39 Å². The lowest BCUT2D eigenvalue weighted by atomic mass is 9.77. The molecule has 2 aromatic rings. The zero-order chi connectivity index (χ0) is 25.8. The molecule has 4 unspecified atom stereocenters. The van der Waals surface area contributed by atoms with Crippen molar-refractivity contribution < 1.29 is 28.9 Å². The number of hydrogen-bond acceptors (Lipinski definition) is 5. The number of hydrogen-bond donors (Lipinski definition) is 3. The van der Waals surface area contributed by atoms with Gasteiger partial charge in [0.25, 0.3) is 0 Å². The van der Waals surface area contributed by atoms with Gasteiger partial charge in [0.2, 0.25) is 11.8 Å². The van der Waals surface area contributed by atoms with Crippen molar-refractivity contribution in [2.75, 3.05) is 19.7 Å². The van der Waals surface area contributed by atoms with E-state index in [1.807, 2.05) is 32.0 Å². The minimum absolute atomic E-state index is 0.0822. The van der Waals surface area contributed by atoms with Crippen molar-refractivity contribution in [3.8, 4) is 5.75 Å². The Kier molecular flexibility index (Phi) is 8.06. The topological polar surface area (TPSA) is 99.1 Å². The first kappa shape index (κ1) is 25.9. The Morgan fingerprint density at radius 2 is 1.94 bits per heavy atom. The molecule has 2 aromatic carbocycles. The van der Waals surface area contributed by atoms with Gasteiger partial charge in [0.1, 0.15) is 23.8 Å². The molecule has 0 spiro atoms. The number of nitrogens with zero attached hydrogens (tertiary/aromatic N) is 1. The molecule has 192 valence electrons. The van der Waals surface area contributed by atoms with Gasteiger partial charge in [0.05, 0.1) is 18.6 Å². The van der Waals surface area contributed by atoms with E-state index in [1.54, 1.807) is 29.2 Å².